The van der Waals surface area contributed by atoms with Crippen LogP contribution < -0.4 is 10.6 Å². The van der Waals surface area contributed by atoms with Gasteiger partial charge in [0.2, 0.25) is 5.91 Å². The van der Waals surface area contributed by atoms with E-state index in [0.29, 0.717) is 6.04 Å². The molecule has 1 amide bonds. The normalized spacial score (nSPS) is 35.5. The molecule has 2 heterocycles. The van der Waals surface area contributed by atoms with Crippen LogP contribution in [0.15, 0.2) is 0 Å². The molecule has 0 aromatic rings. The topological polar surface area (TPSA) is 41.1 Å². The second-order valence-electron chi connectivity index (χ2n) is 4.17. The second kappa shape index (κ2) is 4.09. The molecule has 2 aliphatic rings. The molecule has 74 valence electrons. The van der Waals surface area contributed by atoms with E-state index in [2.05, 4.69) is 10.6 Å². The molecule has 0 unspecified atom stereocenters. The van der Waals surface area contributed by atoms with Crippen LogP contribution in [0.1, 0.15) is 32.1 Å². The van der Waals surface area contributed by atoms with Gasteiger partial charge in [-0.3, -0.25) is 4.79 Å². The maximum absolute atomic E-state index is 11.3. The monoisotopic (exact) mass is 182 g/mol. The number of carbonyl (C=O) groups excluding carboxylic acids is 1. The highest BCUT2D eigenvalue weighted by atomic mass is 16.1. The van der Waals surface area contributed by atoms with Crippen molar-refractivity contribution in [2.45, 2.75) is 38.1 Å². The largest absolute Gasteiger partial charge is 0.352 e. The molecule has 13 heavy (non-hydrogen) atoms. The summed E-state index contributed by atoms with van der Waals surface area (Å²) in [7, 11) is 0. The van der Waals surface area contributed by atoms with E-state index in [-0.39, 0.29) is 5.91 Å². The number of hydrogen-bond donors (Lipinski definition) is 2. The molecule has 3 heteroatoms. The Morgan fingerprint density at radius 3 is 3.00 bits per heavy atom. The molecule has 0 aromatic heterocycles. The molecule has 2 atom stereocenters. The van der Waals surface area contributed by atoms with Crippen LogP contribution in [0, 0.1) is 5.92 Å². The summed E-state index contributed by atoms with van der Waals surface area (Å²) in [5, 5.41) is 6.50. The zero-order valence-corrected chi connectivity index (χ0v) is 8.01. The summed E-state index contributed by atoms with van der Waals surface area (Å²) < 4.78 is 0. The molecule has 2 fully saturated rings. The Morgan fingerprint density at radius 1 is 1.23 bits per heavy atom. The van der Waals surface area contributed by atoms with Gasteiger partial charge in [0.15, 0.2) is 0 Å². The van der Waals surface area contributed by atoms with Crippen LogP contribution in [0.3, 0.4) is 0 Å². The predicted octanol–water partition coefficient (Wildman–Crippen LogP) is 0.655. The first-order valence-electron chi connectivity index (χ1n) is 5.36. The van der Waals surface area contributed by atoms with E-state index in [1.165, 1.54) is 19.3 Å². The number of carbonyl (C=O) groups is 1. The van der Waals surface area contributed by atoms with Gasteiger partial charge in [-0.2, -0.15) is 0 Å². The zero-order valence-electron chi connectivity index (χ0n) is 8.01. The van der Waals surface area contributed by atoms with Gasteiger partial charge in [-0.15, -0.1) is 0 Å². The Morgan fingerprint density at radius 2 is 2.08 bits per heavy atom. The fraction of sp³-hybridized carbons (Fsp3) is 0.900. The molecule has 2 aliphatic heterocycles. The average Bonchev–Trinajstić information content (AvgIpc) is 2.38. The van der Waals surface area contributed by atoms with Crippen molar-refractivity contribution in [3.8, 4) is 0 Å². The van der Waals surface area contributed by atoms with Crippen molar-refractivity contribution in [3.05, 3.63) is 0 Å². The summed E-state index contributed by atoms with van der Waals surface area (Å²) in [5.74, 6) is 0.970. The Hall–Kier alpha value is -0.570. The standard InChI is InChI=1S/C10H18N2O/c13-10-5-1-3-8-4-2-6-11-7-9(8)12-10/h8-9,11H,1-7H2,(H,12,13)/t8-,9-/m1/s1. The van der Waals surface area contributed by atoms with E-state index in [1.54, 1.807) is 0 Å². The minimum Gasteiger partial charge on any atom is -0.352 e. The quantitative estimate of drug-likeness (QED) is 0.577. The number of fused-ring (bicyclic) bond motifs is 1. The van der Waals surface area contributed by atoms with Crippen molar-refractivity contribution < 1.29 is 4.79 Å². The Bertz CT molecular complexity index is 193. The smallest absolute Gasteiger partial charge is 0.220 e. The summed E-state index contributed by atoms with van der Waals surface area (Å²) in [4.78, 5) is 11.3. The highest BCUT2D eigenvalue weighted by Crippen LogP contribution is 2.23. The zero-order chi connectivity index (χ0) is 9.10. The first-order valence-corrected chi connectivity index (χ1v) is 5.36. The highest BCUT2D eigenvalue weighted by molar-refractivity contribution is 5.76. The van der Waals surface area contributed by atoms with Crippen LogP contribution in [-0.2, 0) is 4.79 Å². The molecule has 0 spiro atoms. The lowest BCUT2D eigenvalue weighted by molar-refractivity contribution is -0.121. The van der Waals surface area contributed by atoms with Crippen LogP contribution in [0.25, 0.3) is 0 Å². The van der Waals surface area contributed by atoms with Gasteiger partial charge in [0.1, 0.15) is 0 Å². The fourth-order valence-electron chi connectivity index (χ4n) is 2.43. The van der Waals surface area contributed by atoms with Crippen LogP contribution in [-0.4, -0.2) is 25.0 Å². The van der Waals surface area contributed by atoms with E-state index < -0.39 is 0 Å². The third kappa shape index (κ3) is 2.21. The van der Waals surface area contributed by atoms with Crippen molar-refractivity contribution in [3.63, 3.8) is 0 Å². The molecule has 0 saturated carbocycles. The van der Waals surface area contributed by atoms with Crippen molar-refractivity contribution in [2.75, 3.05) is 13.1 Å². The summed E-state index contributed by atoms with van der Waals surface area (Å²) in [6.07, 6.45) is 5.57. The van der Waals surface area contributed by atoms with Crippen molar-refractivity contribution >= 4 is 5.91 Å². The molecule has 2 saturated heterocycles. The number of amides is 1. The average molecular weight is 182 g/mol. The first-order chi connectivity index (χ1) is 6.36. The van der Waals surface area contributed by atoms with Crippen LogP contribution >= 0.6 is 0 Å². The molecule has 0 aliphatic carbocycles. The van der Waals surface area contributed by atoms with Gasteiger partial charge in [-0.25, -0.2) is 0 Å². The second-order valence-corrected chi connectivity index (χ2v) is 4.17. The van der Waals surface area contributed by atoms with E-state index in [9.17, 15) is 4.79 Å². The third-order valence-corrected chi connectivity index (χ3v) is 3.19. The minimum atomic E-state index is 0.246. The molecular weight excluding hydrogens is 164 g/mol. The van der Waals surface area contributed by atoms with Gasteiger partial charge in [-0.1, -0.05) is 0 Å². The van der Waals surface area contributed by atoms with Crippen LogP contribution in [0.2, 0.25) is 0 Å². The van der Waals surface area contributed by atoms with Gasteiger partial charge in [-0.05, 0) is 38.1 Å². The third-order valence-electron chi connectivity index (χ3n) is 3.19. The van der Waals surface area contributed by atoms with E-state index >= 15 is 0 Å². The Balaban J connectivity index is 2.01. The lowest BCUT2D eigenvalue weighted by Gasteiger charge is -2.22. The molecule has 3 nitrogen and oxygen atoms in total. The molecular formula is C10H18N2O. The van der Waals surface area contributed by atoms with Gasteiger partial charge in [0.25, 0.3) is 0 Å². The number of nitrogens with one attached hydrogen (secondary N) is 2. The highest BCUT2D eigenvalue weighted by Gasteiger charge is 2.27. The van der Waals surface area contributed by atoms with Gasteiger partial charge in [0.05, 0.1) is 0 Å². The van der Waals surface area contributed by atoms with Crippen molar-refractivity contribution in [1.29, 1.82) is 0 Å². The molecule has 2 rings (SSSR count). The van der Waals surface area contributed by atoms with Crippen LogP contribution in [0.4, 0.5) is 0 Å². The summed E-state index contributed by atoms with van der Waals surface area (Å²) in [6, 6.07) is 0.400. The summed E-state index contributed by atoms with van der Waals surface area (Å²) in [6.45, 7) is 2.08. The van der Waals surface area contributed by atoms with Gasteiger partial charge in [0, 0.05) is 19.0 Å². The lowest BCUT2D eigenvalue weighted by atomic mass is 9.92. The SMILES string of the molecule is O=C1CCC[C@@H]2CCCNC[C@H]2N1. The Labute approximate surface area is 79.3 Å². The van der Waals surface area contributed by atoms with Crippen molar-refractivity contribution in [2.24, 2.45) is 5.92 Å². The summed E-state index contributed by atoms with van der Waals surface area (Å²) >= 11 is 0. The molecule has 0 aromatic carbocycles. The molecule has 0 radical (unpaired) electrons. The first kappa shape index (κ1) is 9.00. The lowest BCUT2D eigenvalue weighted by Crippen LogP contribution is -2.43. The Kier molecular flexibility index (Phi) is 2.83. The molecule has 0 bridgehead atoms. The number of rotatable bonds is 0. The van der Waals surface area contributed by atoms with E-state index in [0.717, 1.165) is 31.8 Å². The predicted molar refractivity (Wildman–Crippen MR) is 51.4 cm³/mol. The van der Waals surface area contributed by atoms with E-state index in [4.69, 9.17) is 0 Å². The van der Waals surface area contributed by atoms with Gasteiger partial charge >= 0.3 is 0 Å². The fourth-order valence-corrected chi connectivity index (χ4v) is 2.43. The van der Waals surface area contributed by atoms with Crippen LogP contribution in [0.5, 0.6) is 0 Å². The maximum atomic E-state index is 11.3. The van der Waals surface area contributed by atoms with E-state index in [1.807, 2.05) is 0 Å². The molecule has 2 N–H and O–H groups in total. The van der Waals surface area contributed by atoms with Crippen molar-refractivity contribution in [1.82, 2.24) is 10.6 Å². The summed E-state index contributed by atoms with van der Waals surface area (Å²) in [5.41, 5.74) is 0. The maximum Gasteiger partial charge on any atom is 0.220 e. The minimum absolute atomic E-state index is 0.246. The van der Waals surface area contributed by atoms with Gasteiger partial charge < -0.3 is 10.6 Å². The number of hydrogen-bond acceptors (Lipinski definition) is 2.